The molecule has 2 heterocycles. The Bertz CT molecular complexity index is 2430. The number of carbonyl (C=O) groups excluding carboxylic acids is 9. The molecule has 0 spiro atoms. The Morgan fingerprint density at radius 2 is 1.55 bits per heavy atom. The normalized spacial score (nSPS) is 15.9. The van der Waals surface area contributed by atoms with Crippen LogP contribution in [-0.2, 0) is 60.7 Å². The van der Waals surface area contributed by atoms with Crippen LogP contribution in [0.4, 0.5) is 4.79 Å². The number of guanidine groups is 1. The molecule has 1 saturated heterocycles. The number of likely N-dealkylation sites (tertiary alicyclic amines) is 1. The Kier molecular flexibility index (Phi) is 24.7. The van der Waals surface area contributed by atoms with Crippen LogP contribution in [0.25, 0.3) is 0 Å². The lowest BCUT2D eigenvalue weighted by atomic mass is 9.96. The number of aliphatic hydroxyl groups excluding tert-OH is 1. The minimum absolute atomic E-state index is 0.0381. The van der Waals surface area contributed by atoms with Crippen LogP contribution in [0, 0.1) is 22.0 Å². The van der Waals surface area contributed by atoms with Crippen molar-refractivity contribution in [1.29, 1.82) is 0 Å². The zero-order chi connectivity index (χ0) is 58.6. The van der Waals surface area contributed by atoms with E-state index in [9.17, 15) is 63.5 Å². The molecule has 0 saturated carbocycles. The molecule has 0 bridgehead atoms. The topological polar surface area (TPSA) is 419 Å². The molecule has 1 fully saturated rings. The van der Waals surface area contributed by atoms with Crippen LogP contribution in [0.5, 0.6) is 5.75 Å². The van der Waals surface area contributed by atoms with Crippen LogP contribution in [0.3, 0.4) is 0 Å². The number of aromatic hydroxyl groups is 1. The first-order valence-electron chi connectivity index (χ1n) is 25.3. The molecule has 1 aromatic carbocycles. The predicted molar refractivity (Wildman–Crippen MR) is 278 cm³/mol. The van der Waals surface area contributed by atoms with Crippen LogP contribution in [0.15, 0.2) is 41.8 Å². The van der Waals surface area contributed by atoms with Gasteiger partial charge in [0.15, 0.2) is 23.1 Å². The second kappa shape index (κ2) is 30.0. The van der Waals surface area contributed by atoms with Crippen molar-refractivity contribution >= 4 is 59.4 Å². The number of nitrogens with two attached hydrogens (primary N) is 2. The number of likely N-dealkylation sites (N-methyl/N-ethyl adjacent to an activating group) is 1. The highest BCUT2D eigenvalue weighted by Crippen LogP contribution is 2.22. The molecule has 78 heavy (non-hydrogen) atoms. The first-order chi connectivity index (χ1) is 36.6. The van der Waals surface area contributed by atoms with Crippen molar-refractivity contribution in [3.05, 3.63) is 58.2 Å². The highest BCUT2D eigenvalue weighted by molar-refractivity contribution is 5.98. The number of phenolic OH excluding ortho intramolecular Hbond substituents is 1. The van der Waals surface area contributed by atoms with Gasteiger partial charge in [-0.25, -0.2) is 24.7 Å². The quantitative estimate of drug-likeness (QED) is 0.0116. The van der Waals surface area contributed by atoms with E-state index in [1.54, 1.807) is 34.6 Å². The number of ether oxygens (including phenoxy) is 2. The summed E-state index contributed by atoms with van der Waals surface area (Å²) in [6.45, 7) is 9.51. The molecule has 3 rings (SSSR count). The Morgan fingerprint density at radius 3 is 2.10 bits per heavy atom. The second-order valence-electron chi connectivity index (χ2n) is 20.1. The summed E-state index contributed by atoms with van der Waals surface area (Å²) in [5.74, 6) is -9.29. The monoisotopic (exact) mass is 1100 g/mol. The maximum Gasteiger partial charge on any atom is 0.410 e. The van der Waals surface area contributed by atoms with E-state index < -0.39 is 138 Å². The van der Waals surface area contributed by atoms with Crippen molar-refractivity contribution in [2.24, 2.45) is 28.3 Å². The van der Waals surface area contributed by atoms with Crippen LogP contribution in [0.1, 0.15) is 91.8 Å². The molecule has 0 aliphatic carbocycles. The number of aliphatic imine (C=N–C) groups is 1. The van der Waals surface area contributed by atoms with Gasteiger partial charge >= 0.3 is 18.0 Å². The van der Waals surface area contributed by atoms with Crippen LogP contribution in [-0.4, -0.2) is 188 Å². The van der Waals surface area contributed by atoms with E-state index in [1.807, 2.05) is 0 Å². The summed E-state index contributed by atoms with van der Waals surface area (Å²) in [7, 11) is 2.25. The summed E-state index contributed by atoms with van der Waals surface area (Å²) in [6.07, 6.45) is 1.81. The van der Waals surface area contributed by atoms with Gasteiger partial charge < -0.3 is 72.5 Å². The molecule has 29 nitrogen and oxygen atoms in total. The van der Waals surface area contributed by atoms with Gasteiger partial charge in [-0.15, -0.1) is 0 Å². The molecule has 1 aliphatic heterocycles. The number of phenols is 1. The molecule has 1 aliphatic rings. The molecule has 432 valence electrons. The number of rotatable bonds is 28. The van der Waals surface area contributed by atoms with E-state index in [0.717, 1.165) is 12.0 Å². The van der Waals surface area contributed by atoms with Gasteiger partial charge in [0.25, 0.3) is 0 Å². The smallest absolute Gasteiger partial charge is 0.410 e. The fraction of sp³-hybridized carbons (Fsp3) is 0.612. The van der Waals surface area contributed by atoms with Crippen LogP contribution >= 0.6 is 0 Å². The highest BCUT2D eigenvalue weighted by atomic mass is 16.7. The number of aromatic nitrogens is 2. The maximum absolute atomic E-state index is 14.6. The van der Waals surface area contributed by atoms with Crippen molar-refractivity contribution in [3.63, 3.8) is 0 Å². The Labute approximate surface area is 451 Å². The number of imidazole rings is 1. The number of amides is 8. The molecule has 2 aromatic rings. The number of aliphatic hydroxyl groups is 1. The third kappa shape index (κ3) is 19.5. The Balaban J connectivity index is 1.99. The van der Waals surface area contributed by atoms with E-state index in [2.05, 4.69) is 46.3 Å². The van der Waals surface area contributed by atoms with Crippen molar-refractivity contribution in [3.8, 4) is 5.75 Å². The van der Waals surface area contributed by atoms with E-state index >= 15 is 0 Å². The summed E-state index contributed by atoms with van der Waals surface area (Å²) in [5, 5.41) is 44.3. The number of benzene rings is 1. The Hall–Kier alpha value is -8.11. The number of hydrogen-bond acceptors (Lipinski definition) is 17. The highest BCUT2D eigenvalue weighted by Gasteiger charge is 2.43. The average Bonchev–Trinajstić information content (AvgIpc) is 4.09. The Morgan fingerprint density at radius 1 is 0.923 bits per heavy atom. The molecule has 8 amide bonds. The number of methoxy groups -OCH3 is 1. The van der Waals surface area contributed by atoms with E-state index in [1.165, 1.54) is 62.6 Å². The van der Waals surface area contributed by atoms with Gasteiger partial charge in [-0.3, -0.25) is 38.6 Å². The number of aromatic amines is 1. The lowest BCUT2D eigenvalue weighted by Crippen LogP contribution is -2.62. The number of esters is 1. The summed E-state index contributed by atoms with van der Waals surface area (Å²) in [4.78, 5) is 150. The van der Waals surface area contributed by atoms with Gasteiger partial charge in [-0.1, -0.05) is 46.2 Å². The fourth-order valence-corrected chi connectivity index (χ4v) is 8.16. The van der Waals surface area contributed by atoms with Gasteiger partial charge in [0, 0.05) is 44.9 Å². The summed E-state index contributed by atoms with van der Waals surface area (Å²) >= 11 is 0. The zero-order valence-corrected chi connectivity index (χ0v) is 45.5. The van der Waals surface area contributed by atoms with Gasteiger partial charge in [0.05, 0.1) is 20.0 Å². The van der Waals surface area contributed by atoms with Gasteiger partial charge in [0.2, 0.25) is 35.4 Å². The molecule has 12 N–H and O–H groups in total. The van der Waals surface area contributed by atoms with E-state index in [0.29, 0.717) is 24.1 Å². The van der Waals surface area contributed by atoms with Gasteiger partial charge in [0.1, 0.15) is 48.1 Å². The second-order valence-corrected chi connectivity index (χ2v) is 20.1. The minimum Gasteiger partial charge on any atom is -0.508 e. The van der Waals surface area contributed by atoms with Crippen LogP contribution < -0.4 is 38.1 Å². The SMILES string of the molecule is CC[C@H](C)[C@H](NC(=O)[C@H](Cc1ccc(O)cc1)NC(=O)[C@@H](NC(=O)[C@H](CCCN=C(N)N)N(C(=O)CN(C)C(=O)OC(C)(C)C)[N+](=O)[O-])C(C)C)C(=O)N[C@@H](Cc1cnc[nH]1)C(=O)N1CCC[C@H]1C(=O)N[C@@H](CO)C(=O)OC. The van der Waals surface area contributed by atoms with Crippen LogP contribution in [0.2, 0.25) is 0 Å². The summed E-state index contributed by atoms with van der Waals surface area (Å²) in [5.41, 5.74) is 10.8. The predicted octanol–water partition coefficient (Wildman–Crippen LogP) is -1.51. The maximum atomic E-state index is 14.6. The zero-order valence-electron chi connectivity index (χ0n) is 45.5. The number of hydrogen-bond donors (Lipinski definition) is 10. The standard InChI is InChI=1S/C49H76N14O15/c1-10-28(4)39(44(71)56-33(22-30-23-52-26-54-30)45(72)61-20-12-14-35(61)41(68)57-34(25-64)46(73)77-9)59-40(67)32(21-29-15-17-31(65)18-16-29)55-43(70)38(27(2)3)58-42(69)36(13-11-19-53-47(50)51)62(63(75)76)37(66)24-60(8)48(74)78-49(5,6)7/h15-18,23,26-28,32-36,38-39,64-65H,10-14,19-22,24-25H2,1-9H3,(H,52,54)(H,55,70)(H,56,71)(H,57,68)(H,58,69)(H,59,67)(H4,50,51,53)/t28-,32-,33-,34-,35-,36-,38-,39-/m0/s1. The molecule has 0 unspecified atom stereocenters. The minimum atomic E-state index is -1.91. The summed E-state index contributed by atoms with van der Waals surface area (Å²) in [6, 6.07) is -4.53. The van der Waals surface area contributed by atoms with Gasteiger partial charge in [-0.2, -0.15) is 0 Å². The fourth-order valence-electron chi connectivity index (χ4n) is 8.16. The van der Waals surface area contributed by atoms with Crippen molar-refractivity contribution in [2.75, 3.05) is 40.4 Å². The lowest BCUT2D eigenvalue weighted by Gasteiger charge is -2.32. The number of hydrazine groups is 1. The number of nitrogens with zero attached hydrogens (tertiary/aromatic N) is 6. The number of carbonyl (C=O) groups is 9. The van der Waals surface area contributed by atoms with Crippen molar-refractivity contribution in [1.82, 2.24) is 51.4 Å². The molecule has 8 atom stereocenters. The number of nitro groups is 1. The first kappa shape index (κ1) is 64.2. The van der Waals surface area contributed by atoms with E-state index in [-0.39, 0.29) is 55.5 Å². The summed E-state index contributed by atoms with van der Waals surface area (Å²) < 4.78 is 9.92. The lowest BCUT2D eigenvalue weighted by molar-refractivity contribution is -0.640. The van der Waals surface area contributed by atoms with Crippen molar-refractivity contribution in [2.45, 2.75) is 141 Å². The largest absolute Gasteiger partial charge is 0.508 e. The van der Waals surface area contributed by atoms with Crippen molar-refractivity contribution < 1.29 is 67.9 Å². The third-order valence-electron chi connectivity index (χ3n) is 12.5. The number of nitrogens with one attached hydrogen (secondary N) is 6. The average molecular weight is 1100 g/mol. The molecule has 0 radical (unpaired) electrons. The van der Waals surface area contributed by atoms with E-state index in [4.69, 9.17) is 16.2 Å². The van der Waals surface area contributed by atoms with Gasteiger partial charge in [-0.05, 0) is 81.0 Å². The first-order valence-corrected chi connectivity index (χ1v) is 25.3. The molecular weight excluding hydrogens is 1020 g/mol. The molecular formula is C49H76N14O15. The third-order valence-corrected chi connectivity index (χ3v) is 12.5. The molecule has 29 heteroatoms. The molecule has 1 aromatic heterocycles. The number of H-pyrrole nitrogens is 1.